The van der Waals surface area contributed by atoms with Crippen LogP contribution in [0.3, 0.4) is 0 Å². The number of thiophene rings is 1. The highest BCUT2D eigenvalue weighted by Crippen LogP contribution is 2.42. The molecular weight excluding hydrogens is 796 g/mol. The number of aromatic nitrogens is 1. The molecule has 3 aromatic carbocycles. The van der Waals surface area contributed by atoms with E-state index in [1.165, 1.54) is 37.3 Å². The fraction of sp³-hybridized carbons (Fsp3) is 0.256. The first-order valence-electron chi connectivity index (χ1n) is 17.4. The number of hydrogen-bond acceptors (Lipinski definition) is 13. The summed E-state index contributed by atoms with van der Waals surface area (Å²) in [4.78, 5) is 51.1. The van der Waals surface area contributed by atoms with Crippen molar-refractivity contribution in [3.63, 3.8) is 0 Å². The quantitative estimate of drug-likeness (QED) is 0.0288. The van der Waals surface area contributed by atoms with Crippen LogP contribution in [0.15, 0.2) is 77.1 Å². The second-order valence-corrected chi connectivity index (χ2v) is 17.6. The Labute approximate surface area is 333 Å². The second kappa shape index (κ2) is 18.5. The van der Waals surface area contributed by atoms with E-state index in [4.69, 9.17) is 24.0 Å². The molecule has 0 aliphatic heterocycles. The number of aryl methyl sites for hydroxylation is 3. The van der Waals surface area contributed by atoms with E-state index in [0.717, 1.165) is 28.7 Å². The predicted octanol–water partition coefficient (Wildman–Crippen LogP) is 6.37. The van der Waals surface area contributed by atoms with Crippen molar-refractivity contribution < 1.29 is 51.0 Å². The van der Waals surface area contributed by atoms with E-state index in [1.54, 1.807) is 31.2 Å². The predicted molar refractivity (Wildman–Crippen MR) is 212 cm³/mol. The van der Waals surface area contributed by atoms with E-state index in [1.807, 2.05) is 32.0 Å². The molecule has 2 heterocycles. The molecule has 1 amide bonds. The van der Waals surface area contributed by atoms with Crippen LogP contribution in [0.1, 0.15) is 62.9 Å². The van der Waals surface area contributed by atoms with Crippen molar-refractivity contribution in [1.82, 2.24) is 15.0 Å². The Morgan fingerprint density at radius 2 is 1.61 bits per heavy atom. The molecule has 57 heavy (non-hydrogen) atoms. The third kappa shape index (κ3) is 11.7. The number of ether oxygens (including phenoxy) is 3. The molecular formula is C39H39N4O11PS2. The SMILES string of the molecule is CC(=O)Oc1ccc(C(=O)NCCOc2cc3cc(S(=O)(=O)NCP(=O)(O)Oc4ccc(C#N)nc4)sc3cc2OCCCC(=O)c2ccc(C)c(C)c2)cc1C. The van der Waals surface area contributed by atoms with Crippen molar-refractivity contribution in [1.29, 1.82) is 5.26 Å². The van der Waals surface area contributed by atoms with Crippen LogP contribution in [0, 0.1) is 32.1 Å². The summed E-state index contributed by atoms with van der Waals surface area (Å²) in [5.74, 6) is -0.156. The molecule has 18 heteroatoms. The van der Waals surface area contributed by atoms with Gasteiger partial charge >= 0.3 is 13.6 Å². The van der Waals surface area contributed by atoms with Crippen LogP contribution in [0.25, 0.3) is 10.1 Å². The lowest BCUT2D eigenvalue weighted by atomic mass is 10.0. The van der Waals surface area contributed by atoms with Crippen LogP contribution >= 0.6 is 18.9 Å². The van der Waals surface area contributed by atoms with Crippen molar-refractivity contribution in [2.45, 2.75) is 44.7 Å². The summed E-state index contributed by atoms with van der Waals surface area (Å²) in [7, 11) is -8.83. The molecule has 0 saturated carbocycles. The highest BCUT2D eigenvalue weighted by molar-refractivity contribution is 7.92. The molecule has 298 valence electrons. The Bertz CT molecular complexity index is 2520. The molecule has 2 aromatic heterocycles. The number of rotatable bonds is 18. The van der Waals surface area contributed by atoms with Crippen molar-refractivity contribution in [3.8, 4) is 29.1 Å². The molecule has 0 aliphatic carbocycles. The Morgan fingerprint density at radius 1 is 0.895 bits per heavy atom. The van der Waals surface area contributed by atoms with Gasteiger partial charge in [0.05, 0.1) is 19.3 Å². The molecule has 15 nitrogen and oxygen atoms in total. The van der Waals surface area contributed by atoms with Gasteiger partial charge < -0.3 is 28.9 Å². The van der Waals surface area contributed by atoms with Gasteiger partial charge in [0, 0.05) is 35.2 Å². The van der Waals surface area contributed by atoms with Gasteiger partial charge in [-0.25, -0.2) is 18.0 Å². The van der Waals surface area contributed by atoms with Crippen molar-refractivity contribution in [2.75, 3.05) is 26.0 Å². The largest absolute Gasteiger partial charge is 0.490 e. The number of benzene rings is 3. The smallest absolute Gasteiger partial charge is 0.391 e. The Morgan fingerprint density at radius 3 is 2.30 bits per heavy atom. The number of esters is 1. The summed E-state index contributed by atoms with van der Waals surface area (Å²) in [6.07, 6.45) is 0.729. The molecule has 0 saturated heterocycles. The Kier molecular flexibility index (Phi) is 13.8. The lowest BCUT2D eigenvalue weighted by molar-refractivity contribution is -0.131. The lowest BCUT2D eigenvalue weighted by Gasteiger charge is -2.14. The van der Waals surface area contributed by atoms with Gasteiger partial charge in [0.25, 0.3) is 15.9 Å². The number of pyridine rings is 1. The topological polar surface area (TPSA) is 220 Å². The number of nitrogens with zero attached hydrogens (tertiary/aromatic N) is 2. The third-order valence-electron chi connectivity index (χ3n) is 8.35. The molecule has 0 aliphatic rings. The first-order chi connectivity index (χ1) is 27.0. The van der Waals surface area contributed by atoms with Crippen LogP contribution in [0.2, 0.25) is 0 Å². The minimum atomic E-state index is -4.53. The number of carbonyl (C=O) groups is 3. The van der Waals surface area contributed by atoms with Crippen LogP contribution < -0.4 is 28.8 Å². The first kappa shape index (κ1) is 42.5. The van der Waals surface area contributed by atoms with Gasteiger partial charge in [-0.05, 0) is 97.8 Å². The maximum atomic E-state index is 13.3. The second-order valence-electron chi connectivity index (χ2n) is 12.8. The number of sulfonamides is 1. The number of Topliss-reactive ketones (excluding diaryl/α,β-unsaturated/α-hetero) is 1. The molecule has 1 unspecified atom stereocenters. The van der Waals surface area contributed by atoms with Gasteiger partial charge in [0.1, 0.15) is 40.4 Å². The monoisotopic (exact) mass is 834 g/mol. The Balaban J connectivity index is 1.27. The van der Waals surface area contributed by atoms with Gasteiger partial charge in [-0.15, -0.1) is 11.3 Å². The highest BCUT2D eigenvalue weighted by atomic mass is 32.2. The van der Waals surface area contributed by atoms with E-state index in [9.17, 15) is 32.3 Å². The lowest BCUT2D eigenvalue weighted by Crippen LogP contribution is -2.28. The maximum absolute atomic E-state index is 13.3. The summed E-state index contributed by atoms with van der Waals surface area (Å²) in [5.41, 5.74) is 3.73. The van der Waals surface area contributed by atoms with E-state index >= 15 is 0 Å². The highest BCUT2D eigenvalue weighted by Gasteiger charge is 2.27. The summed E-state index contributed by atoms with van der Waals surface area (Å²) in [6, 6.07) is 19.1. The summed E-state index contributed by atoms with van der Waals surface area (Å²) >= 11 is 0.887. The molecule has 0 spiro atoms. The van der Waals surface area contributed by atoms with Gasteiger partial charge in [-0.1, -0.05) is 12.1 Å². The van der Waals surface area contributed by atoms with Crippen molar-refractivity contribution in [2.24, 2.45) is 0 Å². The standard InChI is InChI=1S/C39H39N4O11PS2/c1-24-7-8-28(16-25(24)2)33(45)6-5-14-51-36-20-37-30(18-35(36)52-15-13-41-39(46)29-9-12-34(26(3)17-29)53-27(4)44)19-38(56-37)57(49,50)43-23-55(47,48)54-32-11-10-31(21-40)42-22-32/h7-12,16-20,22,43H,5-6,13-15,23H2,1-4H3,(H,41,46)(H,47,48). The summed E-state index contributed by atoms with van der Waals surface area (Å²) in [5, 5.41) is 12.1. The zero-order chi connectivity index (χ0) is 41.3. The average Bonchev–Trinajstić information content (AvgIpc) is 3.60. The molecule has 0 radical (unpaired) electrons. The first-order valence-corrected chi connectivity index (χ1v) is 21.5. The van der Waals surface area contributed by atoms with Crippen LogP contribution in [0.5, 0.6) is 23.0 Å². The van der Waals surface area contributed by atoms with E-state index in [2.05, 4.69) is 15.0 Å². The van der Waals surface area contributed by atoms with Crippen LogP contribution in [-0.4, -0.2) is 62.0 Å². The molecule has 3 N–H and O–H groups in total. The summed E-state index contributed by atoms with van der Waals surface area (Å²) < 4.78 is 63.9. The van der Waals surface area contributed by atoms with Gasteiger partial charge in [0.2, 0.25) is 0 Å². The van der Waals surface area contributed by atoms with Crippen LogP contribution in [-0.2, 0) is 19.4 Å². The maximum Gasteiger partial charge on any atom is 0.391 e. The minimum Gasteiger partial charge on any atom is -0.490 e. The number of ketones is 1. The molecule has 0 bridgehead atoms. The normalized spacial score (nSPS) is 12.3. The Hall–Kier alpha value is -5.63. The van der Waals surface area contributed by atoms with Crippen molar-refractivity contribution >= 4 is 56.7 Å². The van der Waals surface area contributed by atoms with Gasteiger partial charge in [0.15, 0.2) is 17.3 Å². The van der Waals surface area contributed by atoms with Crippen molar-refractivity contribution in [3.05, 3.63) is 106 Å². The number of carbonyl (C=O) groups excluding carboxylic acids is 3. The number of nitriles is 1. The fourth-order valence-electron chi connectivity index (χ4n) is 5.28. The van der Waals surface area contributed by atoms with Crippen LogP contribution in [0.4, 0.5) is 0 Å². The van der Waals surface area contributed by atoms with E-state index in [0.29, 0.717) is 38.9 Å². The number of fused-ring (bicyclic) bond motifs is 1. The molecule has 5 aromatic rings. The summed E-state index contributed by atoms with van der Waals surface area (Å²) in [6.45, 7) is 7.13. The molecule has 1 atom stereocenters. The zero-order valence-corrected chi connectivity index (χ0v) is 33.9. The number of nitrogens with one attached hydrogen (secondary N) is 2. The average molecular weight is 835 g/mol. The van der Waals surface area contributed by atoms with E-state index in [-0.39, 0.29) is 65.0 Å². The van der Waals surface area contributed by atoms with Gasteiger partial charge in [-0.3, -0.25) is 14.4 Å². The fourth-order valence-corrected chi connectivity index (χ4v) is 9.23. The minimum absolute atomic E-state index is 0.000767. The zero-order valence-electron chi connectivity index (χ0n) is 31.4. The van der Waals surface area contributed by atoms with E-state index < -0.39 is 29.9 Å². The molecule has 0 fully saturated rings. The van der Waals surface area contributed by atoms with Gasteiger partial charge in [-0.2, -0.15) is 9.98 Å². The number of hydrogen-bond donors (Lipinski definition) is 3. The molecule has 5 rings (SSSR count). The number of amides is 1. The third-order valence-corrected chi connectivity index (χ3v) is 12.6.